The minimum Gasteiger partial charge on any atom is -0.391 e. The van der Waals surface area contributed by atoms with E-state index in [4.69, 9.17) is 14.6 Å². The molecule has 4 heteroatoms. The first-order valence-corrected chi connectivity index (χ1v) is 6.81. The van der Waals surface area contributed by atoms with Crippen LogP contribution in [0.3, 0.4) is 0 Å². The third kappa shape index (κ3) is 3.23. The van der Waals surface area contributed by atoms with Gasteiger partial charge in [0.25, 0.3) is 0 Å². The predicted octanol–water partition coefficient (Wildman–Crippen LogP) is 1.50. The Labute approximate surface area is 82.2 Å². The van der Waals surface area contributed by atoms with Gasteiger partial charge in [-0.2, -0.15) is 0 Å². The molecule has 0 spiro atoms. The van der Waals surface area contributed by atoms with E-state index >= 15 is 0 Å². The monoisotopic (exact) mass is 203 g/mol. The van der Waals surface area contributed by atoms with E-state index in [1.807, 2.05) is 20.8 Å². The Morgan fingerprint density at radius 3 is 2.00 bits per heavy atom. The molecule has 0 bridgehead atoms. The van der Waals surface area contributed by atoms with E-state index < -0.39 is 8.56 Å². The number of rotatable bonds is 7. The molecule has 0 aliphatic heterocycles. The highest BCUT2D eigenvalue weighted by Crippen LogP contribution is 2.14. The van der Waals surface area contributed by atoms with Crippen molar-refractivity contribution in [2.75, 3.05) is 13.2 Å². The summed E-state index contributed by atoms with van der Waals surface area (Å²) in [6.07, 6.45) is 0.859. The third-order valence-electron chi connectivity index (χ3n) is 1.98. The molecule has 1 atom stereocenters. The molecule has 0 saturated heterocycles. The molecule has 0 aromatic rings. The van der Waals surface area contributed by atoms with Crippen LogP contribution < -0.4 is 5.73 Å². The normalized spacial score (nSPS) is 14.2. The third-order valence-corrected chi connectivity index (χ3v) is 5.47. The Balaban J connectivity index is 4.51. The number of hydrogen-bond acceptors (Lipinski definition) is 3. The average Bonchev–Trinajstić information content (AvgIpc) is 2.16. The van der Waals surface area contributed by atoms with Gasteiger partial charge in [-0.05, 0) is 26.0 Å². The van der Waals surface area contributed by atoms with Crippen molar-refractivity contribution in [3.8, 4) is 0 Å². The summed E-state index contributed by atoms with van der Waals surface area (Å²) in [5, 5.41) is 0. The molecule has 0 fully saturated rings. The van der Waals surface area contributed by atoms with Crippen LogP contribution in [0.4, 0.5) is 0 Å². The lowest BCUT2D eigenvalue weighted by atomic mass is 10.5. The van der Waals surface area contributed by atoms with E-state index in [0.717, 1.165) is 6.42 Å². The summed E-state index contributed by atoms with van der Waals surface area (Å²) in [4.78, 5) is 0. The van der Waals surface area contributed by atoms with Gasteiger partial charge in [0.2, 0.25) is 0 Å². The van der Waals surface area contributed by atoms with Gasteiger partial charge in [-0.3, -0.25) is 0 Å². The summed E-state index contributed by atoms with van der Waals surface area (Å²) in [5.41, 5.74) is 7.74. The Bertz CT molecular complexity index is 147. The van der Waals surface area contributed by atoms with Crippen LogP contribution in [-0.2, 0) is 8.85 Å². The standard InChI is InChI=1S/C9H21NO2Si/c1-5-9(10)13(8-4,11-6-2)12-7-3/h8-9H,4-7,10H2,1-3H3. The first kappa shape index (κ1) is 12.8. The Morgan fingerprint density at radius 1 is 1.31 bits per heavy atom. The number of nitrogens with two attached hydrogens (primary N) is 1. The van der Waals surface area contributed by atoms with Crippen LogP contribution in [0.5, 0.6) is 0 Å². The predicted molar refractivity (Wildman–Crippen MR) is 57.5 cm³/mol. The fourth-order valence-corrected chi connectivity index (χ4v) is 3.78. The van der Waals surface area contributed by atoms with Crippen molar-refractivity contribution in [2.24, 2.45) is 5.73 Å². The van der Waals surface area contributed by atoms with Crippen molar-refractivity contribution in [1.29, 1.82) is 0 Å². The highest BCUT2D eigenvalue weighted by atomic mass is 28.4. The zero-order valence-corrected chi connectivity index (χ0v) is 9.88. The van der Waals surface area contributed by atoms with Crippen LogP contribution in [-0.4, -0.2) is 27.4 Å². The first-order chi connectivity index (χ1) is 6.16. The molecule has 78 valence electrons. The fraction of sp³-hybridized carbons (Fsp3) is 0.778. The van der Waals surface area contributed by atoms with Gasteiger partial charge < -0.3 is 14.6 Å². The topological polar surface area (TPSA) is 44.5 Å². The van der Waals surface area contributed by atoms with Gasteiger partial charge in [-0.15, -0.1) is 6.58 Å². The van der Waals surface area contributed by atoms with Crippen LogP contribution in [0.2, 0.25) is 0 Å². The molecule has 0 amide bonds. The molecule has 0 rings (SSSR count). The second-order valence-corrected chi connectivity index (χ2v) is 5.98. The van der Waals surface area contributed by atoms with Crippen molar-refractivity contribution in [3.63, 3.8) is 0 Å². The minimum atomic E-state index is -2.33. The summed E-state index contributed by atoms with van der Waals surface area (Å²) >= 11 is 0. The molecular formula is C9H21NO2Si. The summed E-state index contributed by atoms with van der Waals surface area (Å²) in [7, 11) is -2.33. The van der Waals surface area contributed by atoms with E-state index in [1.165, 1.54) is 0 Å². The molecule has 0 aromatic heterocycles. The summed E-state index contributed by atoms with van der Waals surface area (Å²) < 4.78 is 11.3. The highest BCUT2D eigenvalue weighted by Gasteiger charge is 2.39. The van der Waals surface area contributed by atoms with Crippen LogP contribution in [0.25, 0.3) is 0 Å². The van der Waals surface area contributed by atoms with E-state index in [-0.39, 0.29) is 5.67 Å². The Hall–Kier alpha value is -0.163. The van der Waals surface area contributed by atoms with E-state index in [9.17, 15) is 0 Å². The molecule has 0 aliphatic rings. The average molecular weight is 203 g/mol. The molecule has 0 aliphatic carbocycles. The summed E-state index contributed by atoms with van der Waals surface area (Å²) in [6, 6.07) is 0. The van der Waals surface area contributed by atoms with Gasteiger partial charge in [0.05, 0.1) is 5.67 Å². The van der Waals surface area contributed by atoms with E-state index in [1.54, 1.807) is 5.70 Å². The fourth-order valence-electron chi connectivity index (χ4n) is 1.26. The van der Waals surface area contributed by atoms with Crippen molar-refractivity contribution in [3.05, 3.63) is 12.3 Å². The summed E-state index contributed by atoms with van der Waals surface area (Å²) in [5.74, 6) is 0. The second kappa shape index (κ2) is 6.31. The molecule has 2 N–H and O–H groups in total. The van der Waals surface area contributed by atoms with Gasteiger partial charge >= 0.3 is 8.56 Å². The maximum atomic E-state index is 5.98. The molecule has 0 heterocycles. The zero-order chi connectivity index (χ0) is 10.3. The smallest absolute Gasteiger partial charge is 0.381 e. The molecule has 1 unspecified atom stereocenters. The van der Waals surface area contributed by atoms with Gasteiger partial charge in [0.15, 0.2) is 0 Å². The second-order valence-electron chi connectivity index (χ2n) is 2.81. The lowest BCUT2D eigenvalue weighted by molar-refractivity contribution is 0.184. The maximum Gasteiger partial charge on any atom is 0.381 e. The van der Waals surface area contributed by atoms with Crippen LogP contribution in [0.1, 0.15) is 27.2 Å². The van der Waals surface area contributed by atoms with Crippen molar-refractivity contribution in [1.82, 2.24) is 0 Å². The van der Waals surface area contributed by atoms with Gasteiger partial charge in [-0.25, -0.2) is 0 Å². The SMILES string of the molecule is C=C[Si](OCC)(OCC)C(N)CC. The number of hydrogen-bond donors (Lipinski definition) is 1. The largest absolute Gasteiger partial charge is 0.391 e. The van der Waals surface area contributed by atoms with Crippen LogP contribution in [0, 0.1) is 0 Å². The Morgan fingerprint density at radius 2 is 1.77 bits per heavy atom. The highest BCUT2D eigenvalue weighted by molar-refractivity contribution is 6.74. The van der Waals surface area contributed by atoms with Gasteiger partial charge in [0.1, 0.15) is 0 Å². The minimum absolute atomic E-state index is 0.0232. The van der Waals surface area contributed by atoms with Gasteiger partial charge in [0, 0.05) is 13.2 Å². The molecule has 3 nitrogen and oxygen atoms in total. The van der Waals surface area contributed by atoms with E-state index in [0.29, 0.717) is 13.2 Å². The lowest BCUT2D eigenvalue weighted by Gasteiger charge is -2.31. The van der Waals surface area contributed by atoms with Crippen LogP contribution >= 0.6 is 0 Å². The molecule has 0 radical (unpaired) electrons. The van der Waals surface area contributed by atoms with Crippen molar-refractivity contribution < 1.29 is 8.85 Å². The summed E-state index contributed by atoms with van der Waals surface area (Å²) in [6.45, 7) is 11.0. The first-order valence-electron chi connectivity index (χ1n) is 4.83. The maximum absolute atomic E-state index is 5.98. The lowest BCUT2D eigenvalue weighted by Crippen LogP contribution is -2.56. The van der Waals surface area contributed by atoms with Crippen molar-refractivity contribution >= 4 is 8.56 Å². The molecule has 13 heavy (non-hydrogen) atoms. The van der Waals surface area contributed by atoms with E-state index in [2.05, 4.69) is 6.58 Å². The van der Waals surface area contributed by atoms with Crippen LogP contribution in [0.15, 0.2) is 12.3 Å². The van der Waals surface area contributed by atoms with Crippen molar-refractivity contribution in [2.45, 2.75) is 32.9 Å². The zero-order valence-electron chi connectivity index (χ0n) is 8.88. The molecule has 0 aromatic carbocycles. The Kier molecular flexibility index (Phi) is 6.24. The quantitative estimate of drug-likeness (QED) is 0.638. The molecular weight excluding hydrogens is 182 g/mol. The molecule has 0 saturated carbocycles. The van der Waals surface area contributed by atoms with Gasteiger partial charge in [-0.1, -0.05) is 6.92 Å².